The van der Waals surface area contributed by atoms with Crippen molar-refractivity contribution in [3.05, 3.63) is 82.7 Å². The summed E-state index contributed by atoms with van der Waals surface area (Å²) in [5, 5.41) is 0.610. The number of nitrogens with zero attached hydrogens (tertiary/aromatic N) is 2. The molecule has 2 heterocycles. The number of rotatable bonds is 7. The molecule has 0 unspecified atom stereocenters. The zero-order valence-electron chi connectivity index (χ0n) is 18.8. The van der Waals surface area contributed by atoms with Crippen molar-refractivity contribution >= 4 is 40.6 Å². The summed E-state index contributed by atoms with van der Waals surface area (Å²) in [7, 11) is 4.53. The van der Waals surface area contributed by atoms with Crippen LogP contribution in [0.5, 0.6) is 11.5 Å². The van der Waals surface area contributed by atoms with Gasteiger partial charge in [0.2, 0.25) is 5.76 Å². The Balaban J connectivity index is 1.49. The first-order chi connectivity index (χ1) is 16.5. The number of hydrogen-bond donors (Lipinski definition) is 0. The number of para-hydroxylation sites is 1. The Morgan fingerprint density at radius 2 is 1.88 bits per heavy atom. The van der Waals surface area contributed by atoms with Crippen LogP contribution in [0.1, 0.15) is 21.9 Å². The first-order valence-electron chi connectivity index (χ1n) is 10.3. The highest BCUT2D eigenvalue weighted by molar-refractivity contribution is 8.18. The minimum absolute atomic E-state index is 0.103. The Labute approximate surface area is 200 Å². The predicted octanol–water partition coefficient (Wildman–Crippen LogP) is 4.89. The van der Waals surface area contributed by atoms with Crippen LogP contribution >= 0.6 is 11.8 Å². The van der Waals surface area contributed by atoms with Gasteiger partial charge in [-0.2, -0.15) is 0 Å². The van der Waals surface area contributed by atoms with E-state index in [0.29, 0.717) is 27.3 Å². The van der Waals surface area contributed by atoms with Gasteiger partial charge in [-0.15, -0.1) is 0 Å². The maximum atomic E-state index is 12.7. The Bertz CT molecular complexity index is 1270. The van der Waals surface area contributed by atoms with Crippen molar-refractivity contribution in [2.45, 2.75) is 6.61 Å². The Kier molecular flexibility index (Phi) is 7.03. The SMILES string of the molecule is COC(=O)c1ccc(COc2ccc(C=C3SC(=Nc4ccccc4)N(C)C3=O)cc2OC)o1. The average molecular weight is 479 g/mol. The summed E-state index contributed by atoms with van der Waals surface area (Å²) in [6.45, 7) is 0.103. The molecule has 3 aromatic rings. The van der Waals surface area contributed by atoms with E-state index in [-0.39, 0.29) is 18.3 Å². The van der Waals surface area contributed by atoms with Crippen LogP contribution in [0, 0.1) is 0 Å². The van der Waals surface area contributed by atoms with Crippen molar-refractivity contribution in [2.75, 3.05) is 21.3 Å². The van der Waals surface area contributed by atoms with Gasteiger partial charge in [0.25, 0.3) is 5.91 Å². The molecule has 8 nitrogen and oxygen atoms in total. The number of amides is 1. The number of aliphatic imine (C=N–C) groups is 1. The molecule has 0 atom stereocenters. The Morgan fingerprint density at radius 1 is 1.09 bits per heavy atom. The van der Waals surface area contributed by atoms with Gasteiger partial charge >= 0.3 is 5.97 Å². The number of amidine groups is 1. The number of furan rings is 1. The molecule has 0 N–H and O–H groups in total. The molecule has 1 aliphatic rings. The molecule has 174 valence electrons. The van der Waals surface area contributed by atoms with E-state index in [9.17, 15) is 9.59 Å². The van der Waals surface area contributed by atoms with E-state index in [4.69, 9.17) is 13.9 Å². The van der Waals surface area contributed by atoms with Crippen LogP contribution in [-0.2, 0) is 16.1 Å². The number of benzene rings is 2. The molecule has 0 bridgehead atoms. The van der Waals surface area contributed by atoms with E-state index in [1.165, 1.54) is 36.9 Å². The molecular weight excluding hydrogens is 456 g/mol. The van der Waals surface area contributed by atoms with Crippen molar-refractivity contribution in [1.82, 2.24) is 4.90 Å². The van der Waals surface area contributed by atoms with Crippen LogP contribution in [0.25, 0.3) is 6.08 Å². The van der Waals surface area contributed by atoms with E-state index in [1.54, 1.807) is 31.3 Å². The predicted molar refractivity (Wildman–Crippen MR) is 129 cm³/mol. The number of carbonyl (C=O) groups is 2. The van der Waals surface area contributed by atoms with Gasteiger partial charge in [0.15, 0.2) is 16.7 Å². The van der Waals surface area contributed by atoms with Crippen LogP contribution in [0.2, 0.25) is 0 Å². The third-order valence-electron chi connectivity index (χ3n) is 4.89. The fourth-order valence-electron chi connectivity index (χ4n) is 3.12. The quantitative estimate of drug-likeness (QED) is 0.353. The van der Waals surface area contributed by atoms with E-state index >= 15 is 0 Å². The van der Waals surface area contributed by atoms with Gasteiger partial charge in [0, 0.05) is 7.05 Å². The van der Waals surface area contributed by atoms with Crippen molar-refractivity contribution in [3.63, 3.8) is 0 Å². The highest BCUT2D eigenvalue weighted by atomic mass is 32.2. The number of hydrogen-bond acceptors (Lipinski definition) is 8. The molecule has 0 aliphatic carbocycles. The highest BCUT2D eigenvalue weighted by Crippen LogP contribution is 2.35. The van der Waals surface area contributed by atoms with Crippen LogP contribution in [-0.4, -0.2) is 43.2 Å². The van der Waals surface area contributed by atoms with E-state index in [0.717, 1.165) is 11.3 Å². The summed E-state index contributed by atoms with van der Waals surface area (Å²) in [5.41, 5.74) is 1.56. The van der Waals surface area contributed by atoms with Crippen molar-refractivity contribution < 1.29 is 28.2 Å². The van der Waals surface area contributed by atoms with E-state index < -0.39 is 5.97 Å². The van der Waals surface area contributed by atoms with Gasteiger partial charge in [0.1, 0.15) is 12.4 Å². The fourth-order valence-corrected chi connectivity index (χ4v) is 4.11. The molecule has 0 radical (unpaired) electrons. The molecule has 0 spiro atoms. The molecular formula is C25H22N2O6S. The van der Waals surface area contributed by atoms with Gasteiger partial charge in [-0.1, -0.05) is 24.3 Å². The molecule has 1 aliphatic heterocycles. The molecule has 9 heteroatoms. The molecule has 34 heavy (non-hydrogen) atoms. The normalized spacial score (nSPS) is 15.7. The van der Waals surface area contributed by atoms with Crippen molar-refractivity contribution in [1.29, 1.82) is 0 Å². The molecule has 0 saturated carbocycles. The van der Waals surface area contributed by atoms with Crippen molar-refractivity contribution in [2.24, 2.45) is 4.99 Å². The van der Waals surface area contributed by atoms with E-state index in [2.05, 4.69) is 9.73 Å². The lowest BCUT2D eigenvalue weighted by Gasteiger charge is -2.10. The highest BCUT2D eigenvalue weighted by Gasteiger charge is 2.30. The molecule has 2 aromatic carbocycles. The molecule has 1 fully saturated rings. The minimum Gasteiger partial charge on any atom is -0.493 e. The lowest BCUT2D eigenvalue weighted by molar-refractivity contribution is -0.121. The lowest BCUT2D eigenvalue weighted by Crippen LogP contribution is -2.23. The topological polar surface area (TPSA) is 90.6 Å². The minimum atomic E-state index is -0.553. The molecule has 1 saturated heterocycles. The Morgan fingerprint density at radius 3 is 2.62 bits per heavy atom. The first kappa shape index (κ1) is 23.2. The van der Waals surface area contributed by atoms with E-state index in [1.807, 2.05) is 36.4 Å². The number of esters is 1. The standard InChI is InChI=1S/C25H22N2O6S/c1-27-23(28)22(34-25(27)26-17-7-5-4-6-8-17)14-16-9-11-19(21(13-16)30-2)32-15-18-10-12-20(33-18)24(29)31-3/h4-14H,15H2,1-3H3. The average Bonchev–Trinajstić information content (AvgIpc) is 3.44. The smallest absolute Gasteiger partial charge is 0.373 e. The van der Waals surface area contributed by atoms with Crippen LogP contribution in [0.4, 0.5) is 5.69 Å². The third kappa shape index (κ3) is 5.15. The zero-order chi connectivity index (χ0) is 24.1. The fraction of sp³-hybridized carbons (Fsp3) is 0.160. The largest absolute Gasteiger partial charge is 0.493 e. The summed E-state index contributed by atoms with van der Waals surface area (Å²) in [4.78, 5) is 30.9. The third-order valence-corrected chi connectivity index (χ3v) is 5.95. The maximum absolute atomic E-state index is 12.7. The summed E-state index contributed by atoms with van der Waals surface area (Å²) in [5.74, 6) is 0.885. The first-order valence-corrected chi connectivity index (χ1v) is 11.1. The summed E-state index contributed by atoms with van der Waals surface area (Å²) in [6, 6.07) is 18.0. The second-order valence-corrected chi connectivity index (χ2v) is 8.17. The molecule has 1 amide bonds. The molecule has 1 aromatic heterocycles. The monoisotopic (exact) mass is 478 g/mol. The summed E-state index contributed by atoms with van der Waals surface area (Å²) >= 11 is 1.31. The zero-order valence-corrected chi connectivity index (χ0v) is 19.6. The van der Waals surface area contributed by atoms with Gasteiger partial charge in [-0.05, 0) is 59.8 Å². The lowest BCUT2D eigenvalue weighted by atomic mass is 10.2. The number of ether oxygens (including phenoxy) is 3. The number of likely N-dealkylation sites (N-methyl/N-ethyl adjacent to an activating group) is 1. The number of methoxy groups -OCH3 is 2. The van der Waals surface area contributed by atoms with Crippen LogP contribution in [0.15, 0.2) is 75.0 Å². The van der Waals surface area contributed by atoms with Gasteiger partial charge in [0.05, 0.1) is 24.8 Å². The van der Waals surface area contributed by atoms with Gasteiger partial charge in [-0.3, -0.25) is 9.69 Å². The maximum Gasteiger partial charge on any atom is 0.373 e. The van der Waals surface area contributed by atoms with Crippen LogP contribution in [0.3, 0.4) is 0 Å². The van der Waals surface area contributed by atoms with Gasteiger partial charge < -0.3 is 18.6 Å². The Hall–Kier alpha value is -3.98. The van der Waals surface area contributed by atoms with Crippen LogP contribution < -0.4 is 9.47 Å². The number of thioether (sulfide) groups is 1. The second kappa shape index (κ2) is 10.3. The summed E-state index contributed by atoms with van der Waals surface area (Å²) in [6.07, 6.45) is 1.79. The summed E-state index contributed by atoms with van der Waals surface area (Å²) < 4.78 is 21.3. The van der Waals surface area contributed by atoms with Gasteiger partial charge in [-0.25, -0.2) is 9.79 Å². The van der Waals surface area contributed by atoms with Crippen molar-refractivity contribution in [3.8, 4) is 11.5 Å². The number of carbonyl (C=O) groups excluding carboxylic acids is 2. The molecule has 4 rings (SSSR count). The second-order valence-electron chi connectivity index (χ2n) is 7.16.